The van der Waals surface area contributed by atoms with Gasteiger partial charge in [0.05, 0.1) is 27.6 Å². The Morgan fingerprint density at radius 1 is 1.15 bits per heavy atom. The fraction of sp³-hybridized carbons (Fsp3) is 0.320. The van der Waals surface area contributed by atoms with E-state index in [0.29, 0.717) is 48.9 Å². The Bertz CT molecular complexity index is 1310. The minimum absolute atomic E-state index is 0.101. The summed E-state index contributed by atoms with van der Waals surface area (Å²) in [7, 11) is 0. The van der Waals surface area contributed by atoms with Crippen molar-refractivity contribution in [3.05, 3.63) is 53.3 Å². The number of β-lactam (4-membered cyclic amide) rings is 1. The second-order valence-electron chi connectivity index (χ2n) is 8.91. The monoisotopic (exact) mass is 472 g/mol. The van der Waals surface area contributed by atoms with Crippen LogP contribution in [0.1, 0.15) is 29.8 Å². The number of thiazole rings is 1. The van der Waals surface area contributed by atoms with Gasteiger partial charge in [-0.1, -0.05) is 23.5 Å². The Balaban J connectivity index is 1.44. The van der Waals surface area contributed by atoms with Crippen LogP contribution in [0.5, 0.6) is 0 Å². The number of nitriles is 1. The van der Waals surface area contributed by atoms with Crippen LogP contribution in [0.4, 0.5) is 9.93 Å². The summed E-state index contributed by atoms with van der Waals surface area (Å²) in [5.41, 5.74) is 4.55. The molecule has 2 aromatic heterocycles. The molecule has 0 atom stereocenters. The van der Waals surface area contributed by atoms with Gasteiger partial charge in [-0.15, -0.1) is 0 Å². The fourth-order valence-electron chi connectivity index (χ4n) is 4.59. The lowest BCUT2D eigenvalue weighted by Crippen LogP contribution is -2.63. The van der Waals surface area contributed by atoms with Crippen LogP contribution in [-0.2, 0) is 4.79 Å². The highest BCUT2D eigenvalue weighted by Crippen LogP contribution is 2.40. The molecule has 3 aromatic rings. The van der Waals surface area contributed by atoms with Gasteiger partial charge in [-0.2, -0.15) is 5.26 Å². The fourth-order valence-corrected chi connectivity index (χ4v) is 5.55. The summed E-state index contributed by atoms with van der Waals surface area (Å²) < 4.78 is 0. The number of likely N-dealkylation sites (tertiary alicyclic amines) is 1. The Labute approximate surface area is 201 Å². The largest absolute Gasteiger partial charge is 0.354 e. The maximum Gasteiger partial charge on any atom is 0.323 e. The quantitative estimate of drug-likeness (QED) is 0.558. The molecular weight excluding hydrogens is 448 g/mol. The van der Waals surface area contributed by atoms with Gasteiger partial charge in [-0.05, 0) is 56.5 Å². The smallest absolute Gasteiger partial charge is 0.323 e. The van der Waals surface area contributed by atoms with E-state index in [9.17, 15) is 14.9 Å². The van der Waals surface area contributed by atoms with E-state index in [4.69, 9.17) is 4.98 Å². The summed E-state index contributed by atoms with van der Waals surface area (Å²) in [6.45, 7) is 5.67. The summed E-state index contributed by atoms with van der Waals surface area (Å²) in [5, 5.41) is 15.6. The predicted octanol–water partition coefficient (Wildman–Crippen LogP) is 4.10. The number of hydrogen-bond donors (Lipinski definition) is 2. The van der Waals surface area contributed by atoms with Crippen LogP contribution in [0.3, 0.4) is 0 Å². The van der Waals surface area contributed by atoms with E-state index in [1.165, 1.54) is 11.3 Å². The molecule has 3 amide bonds. The van der Waals surface area contributed by atoms with Crippen molar-refractivity contribution in [2.24, 2.45) is 5.41 Å². The first-order chi connectivity index (χ1) is 16.4. The van der Waals surface area contributed by atoms with E-state index in [0.717, 1.165) is 27.4 Å². The number of pyridine rings is 1. The molecule has 0 bridgehead atoms. The van der Waals surface area contributed by atoms with E-state index in [-0.39, 0.29) is 17.4 Å². The predicted molar refractivity (Wildman–Crippen MR) is 130 cm³/mol. The number of urea groups is 1. The van der Waals surface area contributed by atoms with Gasteiger partial charge in [-0.3, -0.25) is 15.1 Å². The van der Waals surface area contributed by atoms with Gasteiger partial charge in [0.1, 0.15) is 0 Å². The van der Waals surface area contributed by atoms with E-state index < -0.39 is 0 Å². The molecule has 34 heavy (non-hydrogen) atoms. The number of amides is 3. The second kappa shape index (κ2) is 8.54. The van der Waals surface area contributed by atoms with Crippen molar-refractivity contribution in [2.45, 2.75) is 26.7 Å². The highest BCUT2D eigenvalue weighted by atomic mass is 32.1. The van der Waals surface area contributed by atoms with Crippen LogP contribution in [-0.4, -0.2) is 46.4 Å². The highest BCUT2D eigenvalue weighted by Gasteiger charge is 2.48. The van der Waals surface area contributed by atoms with Gasteiger partial charge in [0.25, 0.3) is 0 Å². The minimum Gasteiger partial charge on any atom is -0.354 e. The molecule has 0 saturated carbocycles. The Morgan fingerprint density at radius 3 is 2.50 bits per heavy atom. The lowest BCUT2D eigenvalue weighted by molar-refractivity contribution is -0.143. The zero-order valence-electron chi connectivity index (χ0n) is 19.0. The molecule has 0 unspecified atom stereocenters. The maximum absolute atomic E-state index is 13.0. The summed E-state index contributed by atoms with van der Waals surface area (Å²) in [6.07, 6.45) is 1.36. The summed E-state index contributed by atoms with van der Waals surface area (Å²) in [4.78, 5) is 36.8. The molecule has 2 saturated heterocycles. The number of aryl methyl sites for hydroxylation is 2. The van der Waals surface area contributed by atoms with Crippen LogP contribution < -0.4 is 10.6 Å². The molecule has 9 heteroatoms. The molecular formula is C25H24N6O2S. The van der Waals surface area contributed by atoms with Crippen LogP contribution in [0, 0.1) is 30.6 Å². The molecule has 2 N–H and O–H groups in total. The van der Waals surface area contributed by atoms with Crippen molar-refractivity contribution in [3.63, 3.8) is 0 Å². The number of hydrogen-bond acceptors (Lipinski definition) is 6. The molecule has 0 radical (unpaired) electrons. The number of rotatable bonds is 3. The number of benzene rings is 1. The Hall–Kier alpha value is -3.77. The average molecular weight is 473 g/mol. The van der Waals surface area contributed by atoms with Crippen molar-refractivity contribution in [2.75, 3.05) is 25.0 Å². The van der Waals surface area contributed by atoms with E-state index in [2.05, 4.69) is 21.7 Å². The van der Waals surface area contributed by atoms with Crippen LogP contribution >= 0.6 is 11.3 Å². The van der Waals surface area contributed by atoms with Crippen LogP contribution in [0.25, 0.3) is 21.7 Å². The Morgan fingerprint density at radius 2 is 1.88 bits per heavy atom. The lowest BCUT2D eigenvalue weighted by atomic mass is 9.72. The van der Waals surface area contributed by atoms with E-state index in [1.54, 1.807) is 17.0 Å². The van der Waals surface area contributed by atoms with Gasteiger partial charge in [0.15, 0.2) is 5.13 Å². The maximum atomic E-state index is 13.0. The summed E-state index contributed by atoms with van der Waals surface area (Å²) in [6, 6.07) is 13.3. The highest BCUT2D eigenvalue weighted by molar-refractivity contribution is 7.19. The third kappa shape index (κ3) is 4.01. The van der Waals surface area contributed by atoms with Gasteiger partial charge in [0, 0.05) is 36.6 Å². The normalized spacial score (nSPS) is 16.5. The number of carbonyl (C=O) groups is 2. The van der Waals surface area contributed by atoms with Crippen molar-refractivity contribution in [1.82, 2.24) is 20.2 Å². The second-order valence-corrected chi connectivity index (χ2v) is 9.91. The molecule has 1 aromatic carbocycles. The van der Waals surface area contributed by atoms with Crippen LogP contribution in [0.2, 0.25) is 0 Å². The Kier molecular flexibility index (Phi) is 5.54. The number of nitrogens with one attached hydrogen (secondary N) is 2. The van der Waals surface area contributed by atoms with Crippen molar-refractivity contribution in [1.29, 1.82) is 5.26 Å². The number of piperidine rings is 1. The van der Waals surface area contributed by atoms with Gasteiger partial charge < -0.3 is 10.2 Å². The van der Waals surface area contributed by atoms with Crippen LogP contribution in [0.15, 0.2) is 36.4 Å². The first-order valence-electron chi connectivity index (χ1n) is 11.2. The van der Waals surface area contributed by atoms with Gasteiger partial charge in [0.2, 0.25) is 5.91 Å². The molecule has 0 aliphatic carbocycles. The molecule has 2 fully saturated rings. The molecule has 5 rings (SSSR count). The summed E-state index contributed by atoms with van der Waals surface area (Å²) in [5.74, 6) is 0.101. The first kappa shape index (κ1) is 22.0. The number of nitrogens with zero attached hydrogens (tertiary/aromatic N) is 4. The van der Waals surface area contributed by atoms with Crippen molar-refractivity contribution >= 4 is 28.4 Å². The molecule has 8 nitrogen and oxygen atoms in total. The number of carbonyl (C=O) groups excluding carboxylic acids is 2. The molecule has 2 aliphatic rings. The average Bonchev–Trinajstić information content (AvgIpc) is 3.26. The molecule has 172 valence electrons. The zero-order chi connectivity index (χ0) is 23.9. The summed E-state index contributed by atoms with van der Waals surface area (Å²) >= 11 is 1.40. The van der Waals surface area contributed by atoms with E-state index in [1.807, 2.05) is 38.1 Å². The topological polar surface area (TPSA) is 111 Å². The van der Waals surface area contributed by atoms with Crippen molar-refractivity contribution < 1.29 is 9.59 Å². The molecule has 2 aliphatic heterocycles. The first-order valence-corrected chi connectivity index (χ1v) is 12.0. The molecule has 4 heterocycles. The van der Waals surface area contributed by atoms with Gasteiger partial charge >= 0.3 is 6.03 Å². The zero-order valence-corrected chi connectivity index (χ0v) is 19.8. The minimum atomic E-state index is -0.291. The van der Waals surface area contributed by atoms with E-state index >= 15 is 0 Å². The molecule has 1 spiro atoms. The number of anilines is 1. The van der Waals surface area contributed by atoms with Crippen molar-refractivity contribution in [3.8, 4) is 27.8 Å². The third-order valence-corrected chi connectivity index (χ3v) is 7.55. The standard InChI is InChI=1S/C25H24N6O2S/c1-15-10-19(11-16(2)28-15)21-20(18-5-3-4-17(12-18)13-26)29-23(34-21)30-24(33)31-8-6-25(7-9-31)14-27-22(25)32/h3-5,10-12H,6-9,14H2,1-2H3,(H,27,32)(H,29,30,33). The number of aromatic nitrogens is 2. The third-order valence-electron chi connectivity index (χ3n) is 6.53. The van der Waals surface area contributed by atoms with Gasteiger partial charge in [-0.25, -0.2) is 9.78 Å². The lowest BCUT2D eigenvalue weighted by Gasteiger charge is -2.46. The SMILES string of the molecule is Cc1cc(-c2sc(NC(=O)N3CCC4(CC3)CNC4=O)nc2-c2cccc(C#N)c2)cc(C)n1.